The standard InChI is InChI=1S/C23H32ClN3O4/c1-17-14-25(15-19-13-20(24)4-5-21(19)31-17)8-6-22(28)27-7-2-3-18(16-27)23(29)26-9-11-30-12-10-26/h4-5,13,17-18H,2-3,6-12,14-16H2,1H3/t17-,18+/m0/s1. The van der Waals surface area contributed by atoms with Gasteiger partial charge in [0.1, 0.15) is 11.9 Å². The predicted octanol–water partition coefficient (Wildman–Crippen LogP) is 2.41. The summed E-state index contributed by atoms with van der Waals surface area (Å²) in [7, 11) is 0. The fourth-order valence-corrected chi connectivity index (χ4v) is 4.93. The number of nitrogens with zero attached hydrogens (tertiary/aromatic N) is 3. The van der Waals surface area contributed by atoms with Crippen molar-refractivity contribution in [3.05, 3.63) is 28.8 Å². The number of amides is 2. The van der Waals surface area contributed by atoms with Crippen molar-refractivity contribution >= 4 is 23.4 Å². The number of rotatable bonds is 4. The highest BCUT2D eigenvalue weighted by Gasteiger charge is 2.32. The second-order valence-electron chi connectivity index (χ2n) is 8.78. The lowest BCUT2D eigenvalue weighted by atomic mass is 9.96. The Hall–Kier alpha value is -1.83. The highest BCUT2D eigenvalue weighted by molar-refractivity contribution is 6.30. The molecule has 4 rings (SSSR count). The number of hydrogen-bond acceptors (Lipinski definition) is 5. The summed E-state index contributed by atoms with van der Waals surface area (Å²) in [6.45, 7) is 7.98. The molecule has 2 atom stereocenters. The first-order valence-corrected chi connectivity index (χ1v) is 11.7. The number of morpholine rings is 1. The third-order valence-electron chi connectivity index (χ3n) is 6.35. The minimum absolute atomic E-state index is 0.0445. The molecule has 3 aliphatic heterocycles. The average Bonchev–Trinajstić information content (AvgIpc) is 2.94. The lowest BCUT2D eigenvalue weighted by molar-refractivity contribution is -0.144. The van der Waals surface area contributed by atoms with Gasteiger partial charge in [0.25, 0.3) is 0 Å². The van der Waals surface area contributed by atoms with Crippen molar-refractivity contribution in [2.24, 2.45) is 5.92 Å². The van der Waals surface area contributed by atoms with E-state index < -0.39 is 0 Å². The fourth-order valence-electron chi connectivity index (χ4n) is 4.74. The fraction of sp³-hybridized carbons (Fsp3) is 0.652. The molecule has 2 fully saturated rings. The zero-order valence-corrected chi connectivity index (χ0v) is 19.0. The topological polar surface area (TPSA) is 62.3 Å². The quantitative estimate of drug-likeness (QED) is 0.706. The maximum atomic E-state index is 13.0. The maximum Gasteiger partial charge on any atom is 0.227 e. The van der Waals surface area contributed by atoms with Gasteiger partial charge in [-0.15, -0.1) is 0 Å². The number of carbonyl (C=O) groups is 2. The molecular weight excluding hydrogens is 418 g/mol. The molecule has 8 heteroatoms. The number of likely N-dealkylation sites (tertiary alicyclic amines) is 1. The smallest absolute Gasteiger partial charge is 0.227 e. The Kier molecular flexibility index (Phi) is 7.35. The van der Waals surface area contributed by atoms with Gasteiger partial charge in [-0.25, -0.2) is 0 Å². The third-order valence-corrected chi connectivity index (χ3v) is 6.58. The largest absolute Gasteiger partial charge is 0.489 e. The Morgan fingerprint density at radius 3 is 2.74 bits per heavy atom. The van der Waals surface area contributed by atoms with E-state index in [0.717, 1.165) is 37.2 Å². The molecule has 0 bridgehead atoms. The number of fused-ring (bicyclic) bond motifs is 1. The van der Waals surface area contributed by atoms with Crippen LogP contribution in [-0.2, 0) is 20.9 Å². The van der Waals surface area contributed by atoms with Gasteiger partial charge in [-0.1, -0.05) is 11.6 Å². The van der Waals surface area contributed by atoms with E-state index in [9.17, 15) is 9.59 Å². The number of ether oxygens (including phenoxy) is 2. The van der Waals surface area contributed by atoms with E-state index in [1.165, 1.54) is 0 Å². The number of halogens is 1. The van der Waals surface area contributed by atoms with Crippen LogP contribution in [0.3, 0.4) is 0 Å². The number of piperidine rings is 1. The summed E-state index contributed by atoms with van der Waals surface area (Å²) in [4.78, 5) is 31.8. The van der Waals surface area contributed by atoms with Crippen molar-refractivity contribution in [1.29, 1.82) is 0 Å². The van der Waals surface area contributed by atoms with E-state index in [4.69, 9.17) is 21.1 Å². The third kappa shape index (κ3) is 5.70. The van der Waals surface area contributed by atoms with Crippen LogP contribution >= 0.6 is 11.6 Å². The molecule has 0 unspecified atom stereocenters. The van der Waals surface area contributed by atoms with Crippen molar-refractivity contribution in [2.45, 2.75) is 38.8 Å². The van der Waals surface area contributed by atoms with E-state index in [0.29, 0.717) is 57.4 Å². The Morgan fingerprint density at radius 2 is 1.94 bits per heavy atom. The summed E-state index contributed by atoms with van der Waals surface area (Å²) < 4.78 is 11.4. The maximum absolute atomic E-state index is 13.0. The van der Waals surface area contributed by atoms with Crippen molar-refractivity contribution < 1.29 is 19.1 Å². The zero-order valence-electron chi connectivity index (χ0n) is 18.2. The van der Waals surface area contributed by atoms with Crippen molar-refractivity contribution in [2.75, 3.05) is 52.5 Å². The zero-order chi connectivity index (χ0) is 21.8. The van der Waals surface area contributed by atoms with Gasteiger partial charge in [0.05, 0.1) is 19.1 Å². The van der Waals surface area contributed by atoms with Gasteiger partial charge < -0.3 is 19.3 Å². The molecule has 3 heterocycles. The Labute approximate surface area is 189 Å². The van der Waals surface area contributed by atoms with Gasteiger partial charge in [0, 0.05) is 62.8 Å². The molecule has 0 aromatic heterocycles. The molecular formula is C23H32ClN3O4. The summed E-state index contributed by atoms with van der Waals surface area (Å²) in [5.41, 5.74) is 1.05. The molecule has 2 amide bonds. The highest BCUT2D eigenvalue weighted by Crippen LogP contribution is 2.28. The second-order valence-corrected chi connectivity index (χ2v) is 9.22. The normalized spacial score (nSPS) is 24.8. The van der Waals surface area contributed by atoms with Gasteiger partial charge >= 0.3 is 0 Å². The molecule has 0 aliphatic carbocycles. The summed E-state index contributed by atoms with van der Waals surface area (Å²) in [5.74, 6) is 1.08. The van der Waals surface area contributed by atoms with Crippen molar-refractivity contribution in [3.63, 3.8) is 0 Å². The van der Waals surface area contributed by atoms with Crippen LogP contribution in [0.25, 0.3) is 0 Å². The molecule has 1 aromatic carbocycles. The summed E-state index contributed by atoms with van der Waals surface area (Å²) in [5, 5.41) is 0.692. The van der Waals surface area contributed by atoms with Gasteiger partial charge in [0.2, 0.25) is 11.8 Å². The van der Waals surface area contributed by atoms with Crippen LogP contribution in [0, 0.1) is 5.92 Å². The molecule has 3 aliphatic rings. The van der Waals surface area contributed by atoms with Crippen LogP contribution in [0.5, 0.6) is 5.75 Å². The number of carbonyl (C=O) groups excluding carboxylic acids is 2. The van der Waals surface area contributed by atoms with Crippen molar-refractivity contribution in [3.8, 4) is 5.75 Å². The molecule has 0 spiro atoms. The molecule has 7 nitrogen and oxygen atoms in total. The lowest BCUT2D eigenvalue weighted by Crippen LogP contribution is -2.49. The molecule has 170 valence electrons. The SMILES string of the molecule is C[C@H]1CN(CCC(=O)N2CCC[C@@H](C(=O)N3CCOCC3)C2)Cc2cc(Cl)ccc2O1. The van der Waals surface area contributed by atoms with Gasteiger partial charge in [0.15, 0.2) is 0 Å². The van der Waals surface area contributed by atoms with E-state index in [2.05, 4.69) is 4.90 Å². The van der Waals surface area contributed by atoms with Crippen LogP contribution in [-0.4, -0.2) is 85.1 Å². The molecule has 2 saturated heterocycles. The van der Waals surface area contributed by atoms with Crippen LogP contribution in [0.4, 0.5) is 0 Å². The monoisotopic (exact) mass is 449 g/mol. The summed E-state index contributed by atoms with van der Waals surface area (Å²) in [6, 6.07) is 5.70. The van der Waals surface area contributed by atoms with Gasteiger partial charge in [-0.05, 0) is 38.0 Å². The van der Waals surface area contributed by atoms with Crippen LogP contribution in [0.2, 0.25) is 5.02 Å². The number of benzene rings is 1. The summed E-state index contributed by atoms with van der Waals surface area (Å²) in [6.07, 6.45) is 2.23. The van der Waals surface area contributed by atoms with E-state index in [-0.39, 0.29) is 23.8 Å². The first-order valence-electron chi connectivity index (χ1n) is 11.3. The second kappa shape index (κ2) is 10.2. The van der Waals surface area contributed by atoms with Crippen molar-refractivity contribution in [1.82, 2.24) is 14.7 Å². The first kappa shape index (κ1) is 22.4. The minimum Gasteiger partial charge on any atom is -0.489 e. The molecule has 31 heavy (non-hydrogen) atoms. The predicted molar refractivity (Wildman–Crippen MR) is 118 cm³/mol. The molecule has 0 radical (unpaired) electrons. The van der Waals surface area contributed by atoms with E-state index >= 15 is 0 Å². The van der Waals surface area contributed by atoms with Crippen LogP contribution in [0.15, 0.2) is 18.2 Å². The molecule has 0 saturated carbocycles. The number of hydrogen-bond donors (Lipinski definition) is 0. The lowest BCUT2D eigenvalue weighted by Gasteiger charge is -2.36. The summed E-state index contributed by atoms with van der Waals surface area (Å²) >= 11 is 6.17. The van der Waals surface area contributed by atoms with Gasteiger partial charge in [-0.2, -0.15) is 0 Å². The Morgan fingerprint density at radius 1 is 1.13 bits per heavy atom. The van der Waals surface area contributed by atoms with Gasteiger partial charge in [-0.3, -0.25) is 14.5 Å². The van der Waals surface area contributed by atoms with Crippen LogP contribution < -0.4 is 4.74 Å². The highest BCUT2D eigenvalue weighted by atomic mass is 35.5. The minimum atomic E-state index is -0.0866. The molecule has 1 aromatic rings. The molecule has 0 N–H and O–H groups in total. The van der Waals surface area contributed by atoms with Crippen LogP contribution in [0.1, 0.15) is 31.7 Å². The Bertz CT molecular complexity index is 799. The Balaban J connectivity index is 1.31. The van der Waals surface area contributed by atoms with E-state index in [1.54, 1.807) is 0 Å². The first-order chi connectivity index (χ1) is 15.0. The van der Waals surface area contributed by atoms with E-state index in [1.807, 2.05) is 34.9 Å². The average molecular weight is 450 g/mol.